The van der Waals surface area contributed by atoms with Gasteiger partial charge >= 0.3 is 5.97 Å². The van der Waals surface area contributed by atoms with Gasteiger partial charge in [0.05, 0.1) is 11.6 Å². The Bertz CT molecular complexity index is 452. The number of carbonyl (C=O) groups is 2. The van der Waals surface area contributed by atoms with E-state index in [-0.39, 0.29) is 5.91 Å². The number of carboxylic acids is 1. The highest BCUT2D eigenvalue weighted by molar-refractivity contribution is 7.99. The van der Waals surface area contributed by atoms with E-state index in [9.17, 15) is 9.59 Å². The molecule has 1 aliphatic heterocycles. The first-order chi connectivity index (χ1) is 9.18. The van der Waals surface area contributed by atoms with Crippen molar-refractivity contribution in [3.8, 4) is 0 Å². The van der Waals surface area contributed by atoms with E-state index < -0.39 is 12.0 Å². The number of carboxylic acid groups (broad SMARTS) is 1. The minimum atomic E-state index is -0.911. The van der Waals surface area contributed by atoms with Crippen molar-refractivity contribution in [2.45, 2.75) is 11.8 Å². The SMILES string of the molecule is O=C(O)C1CSCN1C(=O)CSCc1ccccc1. The van der Waals surface area contributed by atoms with Gasteiger partial charge in [0.25, 0.3) is 0 Å². The molecule has 19 heavy (non-hydrogen) atoms. The van der Waals surface area contributed by atoms with Crippen LogP contribution in [0.1, 0.15) is 5.56 Å². The van der Waals surface area contributed by atoms with Gasteiger partial charge in [-0.2, -0.15) is 0 Å². The van der Waals surface area contributed by atoms with Crippen LogP contribution >= 0.6 is 23.5 Å². The Balaban J connectivity index is 1.80. The molecule has 0 saturated carbocycles. The first-order valence-electron chi connectivity index (χ1n) is 5.90. The molecule has 102 valence electrons. The zero-order chi connectivity index (χ0) is 13.7. The summed E-state index contributed by atoms with van der Waals surface area (Å²) in [5.41, 5.74) is 1.17. The van der Waals surface area contributed by atoms with Gasteiger partial charge in [-0.25, -0.2) is 4.79 Å². The van der Waals surface area contributed by atoms with Gasteiger partial charge in [-0.3, -0.25) is 4.79 Å². The number of rotatable bonds is 5. The smallest absolute Gasteiger partial charge is 0.327 e. The Morgan fingerprint density at radius 3 is 2.79 bits per heavy atom. The lowest BCUT2D eigenvalue weighted by Crippen LogP contribution is -2.42. The molecule has 0 spiro atoms. The fourth-order valence-corrected chi connectivity index (χ4v) is 3.85. The molecule has 1 N–H and O–H groups in total. The van der Waals surface area contributed by atoms with E-state index in [4.69, 9.17) is 5.11 Å². The van der Waals surface area contributed by atoms with Gasteiger partial charge in [0.2, 0.25) is 5.91 Å². The molecular formula is C13H15NO3S2. The van der Waals surface area contributed by atoms with E-state index >= 15 is 0 Å². The molecule has 1 heterocycles. The second-order valence-corrected chi connectivity index (χ2v) is 6.18. The van der Waals surface area contributed by atoms with Crippen LogP contribution < -0.4 is 0 Å². The van der Waals surface area contributed by atoms with Crippen molar-refractivity contribution >= 4 is 35.4 Å². The number of benzene rings is 1. The molecule has 0 bridgehead atoms. The summed E-state index contributed by atoms with van der Waals surface area (Å²) in [6, 6.07) is 9.27. The Morgan fingerprint density at radius 2 is 2.11 bits per heavy atom. The zero-order valence-corrected chi connectivity index (χ0v) is 12.0. The average Bonchev–Trinajstić information content (AvgIpc) is 2.89. The molecule has 1 aromatic rings. The number of carbonyl (C=O) groups excluding carboxylic acids is 1. The van der Waals surface area contributed by atoms with Gasteiger partial charge in [-0.1, -0.05) is 30.3 Å². The van der Waals surface area contributed by atoms with Crippen LogP contribution in [0.3, 0.4) is 0 Å². The molecule has 2 rings (SSSR count). The second-order valence-electron chi connectivity index (χ2n) is 4.20. The highest BCUT2D eigenvalue weighted by Crippen LogP contribution is 2.22. The van der Waals surface area contributed by atoms with Crippen LogP contribution in [0.5, 0.6) is 0 Å². The van der Waals surface area contributed by atoms with Crippen LogP contribution in [-0.2, 0) is 15.3 Å². The van der Waals surface area contributed by atoms with E-state index in [0.717, 1.165) is 5.75 Å². The summed E-state index contributed by atoms with van der Waals surface area (Å²) in [7, 11) is 0. The summed E-state index contributed by atoms with van der Waals surface area (Å²) in [5, 5.41) is 9.02. The standard InChI is InChI=1S/C13H15NO3S2/c15-12(14-9-19-7-11(14)13(16)17)8-18-6-10-4-2-1-3-5-10/h1-5,11H,6-9H2,(H,16,17). The minimum absolute atomic E-state index is 0.0849. The summed E-state index contributed by atoms with van der Waals surface area (Å²) >= 11 is 3.01. The van der Waals surface area contributed by atoms with E-state index in [1.165, 1.54) is 34.0 Å². The molecule has 0 aromatic heterocycles. The lowest BCUT2D eigenvalue weighted by Gasteiger charge is -2.20. The molecule has 1 saturated heterocycles. The molecule has 6 heteroatoms. The maximum atomic E-state index is 12.0. The van der Waals surface area contributed by atoms with Crippen molar-refractivity contribution in [2.24, 2.45) is 0 Å². The average molecular weight is 297 g/mol. The van der Waals surface area contributed by atoms with Crippen LogP contribution in [0.4, 0.5) is 0 Å². The third-order valence-corrected chi connectivity index (χ3v) is 4.83. The highest BCUT2D eigenvalue weighted by Gasteiger charge is 2.34. The predicted molar refractivity (Wildman–Crippen MR) is 78.2 cm³/mol. The normalized spacial score (nSPS) is 18.5. The third kappa shape index (κ3) is 3.91. The van der Waals surface area contributed by atoms with Crippen LogP contribution in [-0.4, -0.2) is 45.3 Å². The first kappa shape index (κ1) is 14.3. The quantitative estimate of drug-likeness (QED) is 0.899. The summed E-state index contributed by atoms with van der Waals surface area (Å²) in [4.78, 5) is 24.4. The number of nitrogens with zero attached hydrogens (tertiary/aromatic N) is 1. The van der Waals surface area contributed by atoms with Crippen molar-refractivity contribution in [3.63, 3.8) is 0 Å². The van der Waals surface area contributed by atoms with Gasteiger partial charge in [-0.05, 0) is 5.56 Å². The van der Waals surface area contributed by atoms with E-state index in [2.05, 4.69) is 0 Å². The number of amides is 1. The van der Waals surface area contributed by atoms with Crippen LogP contribution in [0.2, 0.25) is 0 Å². The van der Waals surface area contributed by atoms with Crippen molar-refractivity contribution in [1.29, 1.82) is 0 Å². The Kier molecular flexibility index (Phi) is 5.15. The van der Waals surface area contributed by atoms with Gasteiger partial charge in [0, 0.05) is 11.5 Å². The summed E-state index contributed by atoms with van der Waals surface area (Å²) in [6.45, 7) is 0. The number of thioether (sulfide) groups is 2. The fraction of sp³-hybridized carbons (Fsp3) is 0.385. The van der Waals surface area contributed by atoms with Crippen molar-refractivity contribution in [1.82, 2.24) is 4.90 Å². The number of hydrogen-bond donors (Lipinski definition) is 1. The molecule has 4 nitrogen and oxygen atoms in total. The summed E-state index contributed by atoms with van der Waals surface area (Å²) in [6.07, 6.45) is 0. The van der Waals surface area contributed by atoms with E-state index in [0.29, 0.717) is 17.4 Å². The summed E-state index contributed by atoms with van der Waals surface area (Å²) < 4.78 is 0. The van der Waals surface area contributed by atoms with Gasteiger partial charge < -0.3 is 10.0 Å². The van der Waals surface area contributed by atoms with E-state index in [1.807, 2.05) is 30.3 Å². The van der Waals surface area contributed by atoms with Crippen LogP contribution in [0, 0.1) is 0 Å². The molecule has 0 radical (unpaired) electrons. The first-order valence-corrected chi connectivity index (χ1v) is 8.21. The molecule has 1 fully saturated rings. The lowest BCUT2D eigenvalue weighted by molar-refractivity contribution is -0.146. The molecule has 1 aliphatic rings. The third-order valence-electron chi connectivity index (χ3n) is 2.82. The number of hydrogen-bond acceptors (Lipinski definition) is 4. The maximum absolute atomic E-state index is 12.0. The molecule has 1 amide bonds. The zero-order valence-electron chi connectivity index (χ0n) is 10.3. The molecule has 1 atom stereocenters. The molecule has 1 aromatic carbocycles. The van der Waals surface area contributed by atoms with E-state index in [1.54, 1.807) is 0 Å². The lowest BCUT2D eigenvalue weighted by atomic mass is 10.2. The monoisotopic (exact) mass is 297 g/mol. The van der Waals surface area contributed by atoms with Crippen molar-refractivity contribution in [2.75, 3.05) is 17.4 Å². The predicted octanol–water partition coefficient (Wildman–Crippen LogP) is 1.91. The molecule has 0 aliphatic carbocycles. The Morgan fingerprint density at radius 1 is 1.37 bits per heavy atom. The van der Waals surface area contributed by atoms with Crippen molar-refractivity contribution in [3.05, 3.63) is 35.9 Å². The minimum Gasteiger partial charge on any atom is -0.480 e. The highest BCUT2D eigenvalue weighted by atomic mass is 32.2. The Labute approximate surface area is 120 Å². The fourth-order valence-electron chi connectivity index (χ4n) is 1.81. The molecular weight excluding hydrogens is 282 g/mol. The second kappa shape index (κ2) is 6.86. The van der Waals surface area contributed by atoms with Gasteiger partial charge in [0.15, 0.2) is 0 Å². The maximum Gasteiger partial charge on any atom is 0.327 e. The summed E-state index contributed by atoms with van der Waals surface area (Å²) in [5.74, 6) is 1.08. The van der Waals surface area contributed by atoms with Crippen LogP contribution in [0.25, 0.3) is 0 Å². The largest absolute Gasteiger partial charge is 0.480 e. The number of aliphatic carboxylic acids is 1. The van der Waals surface area contributed by atoms with Gasteiger partial charge in [0.1, 0.15) is 6.04 Å². The van der Waals surface area contributed by atoms with Crippen LogP contribution in [0.15, 0.2) is 30.3 Å². The Hall–Kier alpha value is -1.14. The van der Waals surface area contributed by atoms with Crippen molar-refractivity contribution < 1.29 is 14.7 Å². The topological polar surface area (TPSA) is 57.6 Å². The van der Waals surface area contributed by atoms with Gasteiger partial charge in [-0.15, -0.1) is 23.5 Å². The molecule has 1 unspecified atom stereocenters.